The quantitative estimate of drug-likeness (QED) is 0.782. The molecule has 1 aliphatic rings. The van der Waals surface area contributed by atoms with Gasteiger partial charge in [-0.3, -0.25) is 19.8 Å². The molecule has 0 aliphatic carbocycles. The normalized spacial score (nSPS) is 18.9. The van der Waals surface area contributed by atoms with E-state index in [1.807, 2.05) is 23.1 Å². The number of hydrogen-bond donors (Lipinski definition) is 1. The van der Waals surface area contributed by atoms with E-state index in [0.717, 1.165) is 6.54 Å². The van der Waals surface area contributed by atoms with Crippen molar-refractivity contribution >= 4 is 11.8 Å². The second-order valence-corrected chi connectivity index (χ2v) is 4.45. The van der Waals surface area contributed by atoms with Crippen molar-refractivity contribution in [3.63, 3.8) is 0 Å². The molecular formula is C13H16N2O2. The van der Waals surface area contributed by atoms with Crippen LogP contribution in [-0.4, -0.2) is 36.3 Å². The molecule has 17 heavy (non-hydrogen) atoms. The number of piperazine rings is 1. The number of carbonyl (C=O) groups excluding carboxylic acids is 2. The van der Waals surface area contributed by atoms with Gasteiger partial charge >= 0.3 is 0 Å². The average molecular weight is 232 g/mol. The molecule has 0 radical (unpaired) electrons. The van der Waals surface area contributed by atoms with Gasteiger partial charge in [-0.05, 0) is 11.5 Å². The number of benzene rings is 1. The maximum Gasteiger partial charge on any atom is 0.240 e. The highest BCUT2D eigenvalue weighted by molar-refractivity contribution is 5.99. The predicted octanol–water partition coefficient (Wildman–Crippen LogP) is 0.748. The fourth-order valence-electron chi connectivity index (χ4n) is 2.10. The molecule has 2 rings (SSSR count). The first kappa shape index (κ1) is 11.8. The number of amides is 2. The molecule has 1 aromatic carbocycles. The Morgan fingerprint density at radius 1 is 1.18 bits per heavy atom. The summed E-state index contributed by atoms with van der Waals surface area (Å²) in [6, 6.07) is 10.1. The third-order valence-corrected chi connectivity index (χ3v) is 2.91. The molecule has 4 heteroatoms. The van der Waals surface area contributed by atoms with Crippen LogP contribution >= 0.6 is 0 Å². The van der Waals surface area contributed by atoms with Gasteiger partial charge in [-0.15, -0.1) is 0 Å². The fraction of sp³-hybridized carbons (Fsp3) is 0.385. The van der Waals surface area contributed by atoms with Crippen molar-refractivity contribution in [2.24, 2.45) is 0 Å². The fourth-order valence-corrected chi connectivity index (χ4v) is 2.10. The van der Waals surface area contributed by atoms with Crippen LogP contribution in [0.1, 0.15) is 18.4 Å². The Hall–Kier alpha value is -1.68. The highest BCUT2D eigenvalue weighted by Crippen LogP contribution is 2.16. The van der Waals surface area contributed by atoms with Crippen LogP contribution in [0.4, 0.5) is 0 Å². The summed E-state index contributed by atoms with van der Waals surface area (Å²) in [5.41, 5.74) is 1.23. The first-order valence-electron chi connectivity index (χ1n) is 5.75. The van der Waals surface area contributed by atoms with Gasteiger partial charge in [-0.25, -0.2) is 0 Å². The number of carbonyl (C=O) groups is 2. The molecule has 1 atom stereocenters. The van der Waals surface area contributed by atoms with E-state index in [1.165, 1.54) is 5.56 Å². The van der Waals surface area contributed by atoms with Crippen LogP contribution in [0.3, 0.4) is 0 Å². The Bertz CT molecular complexity index is 401. The molecule has 1 aliphatic heterocycles. The van der Waals surface area contributed by atoms with Crippen LogP contribution in [0.2, 0.25) is 0 Å². The molecule has 1 unspecified atom stereocenters. The van der Waals surface area contributed by atoms with E-state index in [2.05, 4.69) is 24.4 Å². The van der Waals surface area contributed by atoms with E-state index in [-0.39, 0.29) is 11.8 Å². The van der Waals surface area contributed by atoms with E-state index in [0.29, 0.717) is 19.0 Å². The van der Waals surface area contributed by atoms with Crippen LogP contribution in [0.25, 0.3) is 0 Å². The van der Waals surface area contributed by atoms with Crippen LogP contribution < -0.4 is 5.32 Å². The van der Waals surface area contributed by atoms with E-state index in [9.17, 15) is 9.59 Å². The number of nitrogens with zero attached hydrogens (tertiary/aromatic N) is 1. The van der Waals surface area contributed by atoms with Crippen molar-refractivity contribution in [3.05, 3.63) is 35.9 Å². The summed E-state index contributed by atoms with van der Waals surface area (Å²) >= 11 is 0. The largest absolute Gasteiger partial charge is 0.294 e. The van der Waals surface area contributed by atoms with Gasteiger partial charge in [0.1, 0.15) is 0 Å². The van der Waals surface area contributed by atoms with Crippen molar-refractivity contribution in [2.45, 2.75) is 12.8 Å². The lowest BCUT2D eigenvalue weighted by atomic mass is 10.0. The van der Waals surface area contributed by atoms with Crippen molar-refractivity contribution < 1.29 is 9.59 Å². The monoisotopic (exact) mass is 232 g/mol. The number of hydrogen-bond acceptors (Lipinski definition) is 3. The zero-order valence-corrected chi connectivity index (χ0v) is 9.85. The predicted molar refractivity (Wildman–Crippen MR) is 64.4 cm³/mol. The summed E-state index contributed by atoms with van der Waals surface area (Å²) in [7, 11) is 0. The molecule has 1 saturated heterocycles. The Labute approximate surface area is 101 Å². The van der Waals surface area contributed by atoms with Crippen molar-refractivity contribution in [2.75, 3.05) is 19.6 Å². The highest BCUT2D eigenvalue weighted by Gasteiger charge is 2.23. The molecular weight excluding hydrogens is 216 g/mol. The molecule has 0 bridgehead atoms. The highest BCUT2D eigenvalue weighted by atomic mass is 16.2. The van der Waals surface area contributed by atoms with Crippen molar-refractivity contribution in [3.8, 4) is 0 Å². The number of nitrogens with one attached hydrogen (secondary N) is 1. The van der Waals surface area contributed by atoms with Gasteiger partial charge in [-0.2, -0.15) is 0 Å². The Morgan fingerprint density at radius 3 is 2.35 bits per heavy atom. The maximum atomic E-state index is 11.2. The molecule has 2 amide bonds. The lowest BCUT2D eigenvalue weighted by molar-refractivity contribution is -0.136. The second kappa shape index (κ2) is 5.10. The van der Waals surface area contributed by atoms with Crippen molar-refractivity contribution in [1.29, 1.82) is 0 Å². The zero-order chi connectivity index (χ0) is 12.3. The average Bonchev–Trinajstić information content (AvgIpc) is 2.28. The molecule has 90 valence electrons. The summed E-state index contributed by atoms with van der Waals surface area (Å²) < 4.78 is 0. The first-order valence-corrected chi connectivity index (χ1v) is 5.75. The topological polar surface area (TPSA) is 49.4 Å². The lowest BCUT2D eigenvalue weighted by Gasteiger charge is -2.27. The minimum atomic E-state index is -0.207. The third kappa shape index (κ3) is 3.14. The van der Waals surface area contributed by atoms with Gasteiger partial charge in [0.15, 0.2) is 0 Å². The van der Waals surface area contributed by atoms with Crippen LogP contribution in [0.5, 0.6) is 0 Å². The first-order chi connectivity index (χ1) is 8.15. The van der Waals surface area contributed by atoms with Crippen LogP contribution in [0, 0.1) is 0 Å². The maximum absolute atomic E-state index is 11.2. The van der Waals surface area contributed by atoms with E-state index in [1.54, 1.807) is 0 Å². The minimum absolute atomic E-state index is 0.207. The summed E-state index contributed by atoms with van der Waals surface area (Å²) in [6.07, 6.45) is 0. The zero-order valence-electron chi connectivity index (χ0n) is 9.85. The number of imide groups is 1. The molecule has 0 aromatic heterocycles. The van der Waals surface area contributed by atoms with Gasteiger partial charge in [0, 0.05) is 6.54 Å². The molecule has 4 nitrogen and oxygen atoms in total. The van der Waals surface area contributed by atoms with Gasteiger partial charge in [0.2, 0.25) is 11.8 Å². The summed E-state index contributed by atoms with van der Waals surface area (Å²) in [4.78, 5) is 24.3. The Morgan fingerprint density at radius 2 is 1.76 bits per heavy atom. The minimum Gasteiger partial charge on any atom is -0.294 e. The van der Waals surface area contributed by atoms with Crippen LogP contribution in [-0.2, 0) is 9.59 Å². The van der Waals surface area contributed by atoms with Gasteiger partial charge in [0.05, 0.1) is 13.1 Å². The van der Waals surface area contributed by atoms with Crippen molar-refractivity contribution in [1.82, 2.24) is 10.2 Å². The van der Waals surface area contributed by atoms with E-state index >= 15 is 0 Å². The van der Waals surface area contributed by atoms with Gasteiger partial charge in [-0.1, -0.05) is 37.3 Å². The molecule has 0 spiro atoms. The van der Waals surface area contributed by atoms with Gasteiger partial charge < -0.3 is 0 Å². The smallest absolute Gasteiger partial charge is 0.240 e. The van der Waals surface area contributed by atoms with Crippen LogP contribution in [0.15, 0.2) is 30.3 Å². The molecule has 1 fully saturated rings. The van der Waals surface area contributed by atoms with Gasteiger partial charge in [0.25, 0.3) is 0 Å². The Kier molecular flexibility index (Phi) is 3.54. The summed E-state index contributed by atoms with van der Waals surface area (Å²) in [5.74, 6) is -0.0991. The molecule has 1 N–H and O–H groups in total. The molecule has 1 heterocycles. The van der Waals surface area contributed by atoms with E-state index < -0.39 is 0 Å². The summed E-state index contributed by atoms with van der Waals surface area (Å²) in [6.45, 7) is 3.45. The third-order valence-electron chi connectivity index (χ3n) is 2.91. The molecule has 0 saturated carbocycles. The summed E-state index contributed by atoms with van der Waals surface area (Å²) in [5, 5.41) is 2.30. The standard InChI is InChI=1S/C13H16N2O2/c1-10(11-5-3-2-4-6-11)7-15-8-12(16)14-13(17)9-15/h2-6,10H,7-9H2,1H3,(H,14,16,17). The molecule has 1 aromatic rings. The Balaban J connectivity index is 1.97. The SMILES string of the molecule is CC(CN1CC(=O)NC(=O)C1)c1ccccc1. The van der Waals surface area contributed by atoms with E-state index in [4.69, 9.17) is 0 Å². The second-order valence-electron chi connectivity index (χ2n) is 4.45. The lowest BCUT2D eigenvalue weighted by Crippen LogP contribution is -2.52. The number of rotatable bonds is 3.